The summed E-state index contributed by atoms with van der Waals surface area (Å²) in [5, 5.41) is 10.5. The van der Waals surface area contributed by atoms with Gasteiger partial charge in [-0.3, -0.25) is 4.79 Å². The maximum Gasteiger partial charge on any atom is 0.290 e. The molecule has 0 aliphatic heterocycles. The SMILES string of the molecule is Cc1ccc(C(F)(F)CNC(=O)c2nc(C)nnc2Sc2ccccc2)c(C)c1. The number of rotatable bonds is 6. The van der Waals surface area contributed by atoms with Crippen LogP contribution < -0.4 is 5.32 Å². The highest BCUT2D eigenvalue weighted by Crippen LogP contribution is 2.31. The lowest BCUT2D eigenvalue weighted by molar-refractivity contribution is -0.00316. The highest BCUT2D eigenvalue weighted by atomic mass is 32.2. The standard InChI is InChI=1S/C21H20F2N4OS/c1-13-9-10-17(14(2)11-13)21(22,23)12-24-19(28)18-20(27-26-15(3)25-18)29-16-7-5-4-6-8-16/h4-11H,12H2,1-3H3,(H,24,28). The Kier molecular flexibility index (Phi) is 6.22. The molecular formula is C21H20F2N4OS. The number of carbonyl (C=O) groups excluding carboxylic acids is 1. The van der Waals surface area contributed by atoms with Crippen LogP contribution in [0.1, 0.15) is 33.0 Å². The fraction of sp³-hybridized carbons (Fsp3) is 0.238. The molecule has 1 heterocycles. The van der Waals surface area contributed by atoms with Gasteiger partial charge in [0.15, 0.2) is 10.7 Å². The van der Waals surface area contributed by atoms with Crippen molar-refractivity contribution in [1.82, 2.24) is 20.5 Å². The monoisotopic (exact) mass is 414 g/mol. The Hall–Kier alpha value is -2.87. The normalized spacial score (nSPS) is 11.3. The molecule has 2 aromatic carbocycles. The molecule has 0 radical (unpaired) electrons. The molecule has 1 N–H and O–H groups in total. The average molecular weight is 414 g/mol. The van der Waals surface area contributed by atoms with E-state index in [0.29, 0.717) is 5.56 Å². The molecule has 0 saturated carbocycles. The minimum absolute atomic E-state index is 0.0252. The van der Waals surface area contributed by atoms with Crippen molar-refractivity contribution in [2.45, 2.75) is 36.6 Å². The maximum atomic E-state index is 14.7. The van der Waals surface area contributed by atoms with E-state index in [4.69, 9.17) is 0 Å². The van der Waals surface area contributed by atoms with Gasteiger partial charge in [0, 0.05) is 10.5 Å². The van der Waals surface area contributed by atoms with Crippen LogP contribution in [-0.2, 0) is 5.92 Å². The van der Waals surface area contributed by atoms with Crippen molar-refractivity contribution in [3.63, 3.8) is 0 Å². The van der Waals surface area contributed by atoms with Crippen LogP contribution in [-0.4, -0.2) is 27.6 Å². The summed E-state index contributed by atoms with van der Waals surface area (Å²) in [7, 11) is 0. The van der Waals surface area contributed by atoms with Gasteiger partial charge in [-0.2, -0.15) is 8.78 Å². The molecule has 0 spiro atoms. The third-order valence-corrected chi connectivity index (χ3v) is 5.16. The fourth-order valence-corrected chi connectivity index (χ4v) is 3.64. The highest BCUT2D eigenvalue weighted by Gasteiger charge is 2.34. The molecule has 1 amide bonds. The second-order valence-electron chi connectivity index (χ2n) is 6.63. The van der Waals surface area contributed by atoms with Gasteiger partial charge >= 0.3 is 0 Å². The molecule has 5 nitrogen and oxygen atoms in total. The summed E-state index contributed by atoms with van der Waals surface area (Å²) in [5.74, 6) is -3.64. The van der Waals surface area contributed by atoms with Gasteiger partial charge in [0.2, 0.25) is 0 Å². The molecule has 1 aromatic heterocycles. The zero-order chi connectivity index (χ0) is 21.0. The number of hydrogen-bond acceptors (Lipinski definition) is 5. The molecule has 0 fully saturated rings. The van der Waals surface area contributed by atoms with E-state index in [-0.39, 0.29) is 22.1 Å². The third-order valence-electron chi connectivity index (χ3n) is 4.18. The van der Waals surface area contributed by atoms with Crippen LogP contribution in [0.25, 0.3) is 0 Å². The third kappa shape index (κ3) is 5.14. The summed E-state index contributed by atoms with van der Waals surface area (Å²) < 4.78 is 29.4. The molecule has 0 aliphatic carbocycles. The minimum atomic E-state index is -3.21. The predicted octanol–water partition coefficient (Wildman–Crippen LogP) is 4.47. The van der Waals surface area contributed by atoms with Crippen molar-refractivity contribution in [1.29, 1.82) is 0 Å². The molecule has 0 saturated heterocycles. The number of aryl methyl sites for hydroxylation is 3. The van der Waals surface area contributed by atoms with Gasteiger partial charge in [-0.1, -0.05) is 53.7 Å². The Bertz CT molecular complexity index is 1030. The first-order chi connectivity index (χ1) is 13.8. The van der Waals surface area contributed by atoms with Crippen LogP contribution in [0.5, 0.6) is 0 Å². The van der Waals surface area contributed by atoms with Crippen molar-refractivity contribution in [3.05, 3.63) is 76.7 Å². The summed E-state index contributed by atoms with van der Waals surface area (Å²) in [6.45, 7) is 4.22. The second-order valence-corrected chi connectivity index (χ2v) is 7.70. The van der Waals surface area contributed by atoms with Gasteiger partial charge < -0.3 is 5.32 Å². The zero-order valence-electron chi connectivity index (χ0n) is 16.2. The smallest absolute Gasteiger partial charge is 0.290 e. The van der Waals surface area contributed by atoms with Gasteiger partial charge in [0.25, 0.3) is 11.8 Å². The molecule has 3 rings (SSSR count). The van der Waals surface area contributed by atoms with Crippen LogP contribution in [0, 0.1) is 20.8 Å². The second kappa shape index (κ2) is 8.65. The van der Waals surface area contributed by atoms with E-state index in [9.17, 15) is 13.6 Å². The fourth-order valence-electron chi connectivity index (χ4n) is 2.81. The Morgan fingerprint density at radius 1 is 1.07 bits per heavy atom. The van der Waals surface area contributed by atoms with Crippen LogP contribution in [0.4, 0.5) is 8.78 Å². The number of amides is 1. The number of halogens is 2. The summed E-state index contributed by atoms with van der Waals surface area (Å²) >= 11 is 1.20. The van der Waals surface area contributed by atoms with Crippen LogP contribution in [0.2, 0.25) is 0 Å². The predicted molar refractivity (Wildman–Crippen MR) is 107 cm³/mol. The van der Waals surface area contributed by atoms with Crippen molar-refractivity contribution in [3.8, 4) is 0 Å². The molecule has 0 bridgehead atoms. The van der Waals surface area contributed by atoms with Gasteiger partial charge in [-0.05, 0) is 38.5 Å². The van der Waals surface area contributed by atoms with Crippen LogP contribution >= 0.6 is 11.8 Å². The van der Waals surface area contributed by atoms with Crippen LogP contribution in [0.15, 0.2) is 58.5 Å². The number of nitrogens with one attached hydrogen (secondary N) is 1. The van der Waals surface area contributed by atoms with E-state index in [1.54, 1.807) is 26.0 Å². The molecule has 3 aromatic rings. The van der Waals surface area contributed by atoms with Crippen molar-refractivity contribution in [2.24, 2.45) is 0 Å². The van der Waals surface area contributed by atoms with E-state index in [1.807, 2.05) is 37.3 Å². The summed E-state index contributed by atoms with van der Waals surface area (Å²) in [6.07, 6.45) is 0. The lowest BCUT2D eigenvalue weighted by Crippen LogP contribution is -2.36. The number of carbonyl (C=O) groups is 1. The topological polar surface area (TPSA) is 67.8 Å². The van der Waals surface area contributed by atoms with E-state index in [2.05, 4.69) is 20.5 Å². The maximum absolute atomic E-state index is 14.7. The number of benzene rings is 2. The lowest BCUT2D eigenvalue weighted by atomic mass is 10.0. The Labute approximate surface area is 172 Å². The first-order valence-electron chi connectivity index (χ1n) is 8.94. The van der Waals surface area contributed by atoms with E-state index >= 15 is 0 Å². The van der Waals surface area contributed by atoms with E-state index in [1.165, 1.54) is 17.8 Å². The van der Waals surface area contributed by atoms with Gasteiger partial charge in [-0.25, -0.2) is 4.98 Å². The first-order valence-corrected chi connectivity index (χ1v) is 9.76. The Morgan fingerprint density at radius 2 is 1.79 bits per heavy atom. The van der Waals surface area contributed by atoms with E-state index in [0.717, 1.165) is 10.5 Å². The summed E-state index contributed by atoms with van der Waals surface area (Å²) in [5.41, 5.74) is 1.24. The highest BCUT2D eigenvalue weighted by molar-refractivity contribution is 7.99. The van der Waals surface area contributed by atoms with Gasteiger partial charge in [-0.15, -0.1) is 10.2 Å². The molecule has 0 aliphatic rings. The van der Waals surface area contributed by atoms with Gasteiger partial charge in [0.1, 0.15) is 5.82 Å². The van der Waals surface area contributed by atoms with Crippen molar-refractivity contribution < 1.29 is 13.6 Å². The molecular weight excluding hydrogens is 394 g/mol. The molecule has 0 atom stereocenters. The Morgan fingerprint density at radius 3 is 2.48 bits per heavy atom. The Balaban J connectivity index is 1.79. The summed E-state index contributed by atoms with van der Waals surface area (Å²) in [6, 6.07) is 14.0. The molecule has 8 heteroatoms. The first kappa shape index (κ1) is 20.9. The van der Waals surface area contributed by atoms with Crippen molar-refractivity contribution in [2.75, 3.05) is 6.54 Å². The van der Waals surface area contributed by atoms with E-state index < -0.39 is 18.4 Å². The largest absolute Gasteiger partial charge is 0.344 e. The zero-order valence-corrected chi connectivity index (χ0v) is 17.1. The van der Waals surface area contributed by atoms with Crippen LogP contribution in [0.3, 0.4) is 0 Å². The quantitative estimate of drug-likeness (QED) is 0.645. The molecule has 150 valence electrons. The summed E-state index contributed by atoms with van der Waals surface area (Å²) in [4.78, 5) is 17.6. The van der Waals surface area contributed by atoms with Gasteiger partial charge in [0.05, 0.1) is 6.54 Å². The number of alkyl halides is 2. The van der Waals surface area contributed by atoms with Crippen molar-refractivity contribution >= 4 is 17.7 Å². The number of aromatic nitrogens is 3. The number of nitrogens with zero attached hydrogens (tertiary/aromatic N) is 3. The molecule has 0 unspecified atom stereocenters. The minimum Gasteiger partial charge on any atom is -0.344 e. The lowest BCUT2D eigenvalue weighted by Gasteiger charge is -2.20. The number of hydrogen-bond donors (Lipinski definition) is 1. The molecule has 29 heavy (non-hydrogen) atoms. The average Bonchev–Trinajstić information content (AvgIpc) is 2.68.